The topological polar surface area (TPSA) is 78.5 Å². The van der Waals surface area contributed by atoms with Crippen LogP contribution >= 0.6 is 11.6 Å². The van der Waals surface area contributed by atoms with E-state index in [0.29, 0.717) is 10.7 Å². The van der Waals surface area contributed by atoms with E-state index in [1.54, 1.807) is 30.3 Å². The van der Waals surface area contributed by atoms with Crippen molar-refractivity contribution in [2.75, 3.05) is 11.9 Å². The third-order valence-corrected chi connectivity index (χ3v) is 4.00. The Kier molecular flexibility index (Phi) is 5.68. The van der Waals surface area contributed by atoms with Gasteiger partial charge >= 0.3 is 6.03 Å². The first-order valence-electron chi connectivity index (χ1n) is 8.14. The van der Waals surface area contributed by atoms with Crippen molar-refractivity contribution >= 4 is 41.2 Å². The van der Waals surface area contributed by atoms with E-state index < -0.39 is 17.8 Å². The number of amides is 4. The van der Waals surface area contributed by atoms with Gasteiger partial charge in [-0.05, 0) is 35.9 Å². The molecule has 27 heavy (non-hydrogen) atoms. The van der Waals surface area contributed by atoms with Crippen molar-refractivity contribution in [1.82, 2.24) is 10.2 Å². The van der Waals surface area contributed by atoms with Gasteiger partial charge in [0, 0.05) is 10.7 Å². The predicted octanol–water partition coefficient (Wildman–Crippen LogP) is 3.43. The molecule has 0 bridgehead atoms. The fourth-order valence-corrected chi connectivity index (χ4v) is 2.55. The molecule has 2 aromatic carbocycles. The highest BCUT2D eigenvalue weighted by Gasteiger charge is 2.34. The molecule has 7 heteroatoms. The van der Waals surface area contributed by atoms with Crippen LogP contribution in [0, 0.1) is 0 Å². The highest BCUT2D eigenvalue weighted by Crippen LogP contribution is 2.14. The van der Waals surface area contributed by atoms with E-state index >= 15 is 0 Å². The van der Waals surface area contributed by atoms with Gasteiger partial charge in [-0.15, -0.1) is 0 Å². The van der Waals surface area contributed by atoms with Crippen molar-refractivity contribution in [2.24, 2.45) is 0 Å². The highest BCUT2D eigenvalue weighted by molar-refractivity contribution is 6.30. The number of nitrogens with one attached hydrogen (secondary N) is 2. The molecule has 0 radical (unpaired) electrons. The molecule has 1 aliphatic heterocycles. The number of urea groups is 1. The second kappa shape index (κ2) is 8.33. The van der Waals surface area contributed by atoms with Crippen LogP contribution in [0.5, 0.6) is 0 Å². The molecule has 1 saturated heterocycles. The van der Waals surface area contributed by atoms with Crippen LogP contribution in [0.25, 0.3) is 6.08 Å². The van der Waals surface area contributed by atoms with Crippen LogP contribution in [0.1, 0.15) is 5.56 Å². The molecule has 1 heterocycles. The van der Waals surface area contributed by atoms with Crippen LogP contribution in [-0.2, 0) is 9.59 Å². The lowest BCUT2D eigenvalue weighted by Gasteiger charge is -2.11. The number of allylic oxidation sites excluding steroid dienone is 2. The fourth-order valence-electron chi connectivity index (χ4n) is 2.43. The van der Waals surface area contributed by atoms with Gasteiger partial charge < -0.3 is 10.6 Å². The highest BCUT2D eigenvalue weighted by atomic mass is 35.5. The Morgan fingerprint density at radius 3 is 2.48 bits per heavy atom. The lowest BCUT2D eigenvalue weighted by Crippen LogP contribution is -2.38. The maximum Gasteiger partial charge on any atom is 0.329 e. The van der Waals surface area contributed by atoms with Crippen LogP contribution in [0.15, 0.2) is 72.4 Å². The average molecular weight is 382 g/mol. The minimum atomic E-state index is -0.634. The summed E-state index contributed by atoms with van der Waals surface area (Å²) in [5, 5.41) is 5.62. The molecule has 1 aliphatic rings. The average Bonchev–Trinajstić information content (AvgIpc) is 2.92. The monoisotopic (exact) mass is 381 g/mol. The van der Waals surface area contributed by atoms with E-state index in [0.717, 1.165) is 10.5 Å². The number of halogens is 1. The summed E-state index contributed by atoms with van der Waals surface area (Å²) in [6.07, 6.45) is 4.98. The Morgan fingerprint density at radius 1 is 1.07 bits per heavy atom. The summed E-state index contributed by atoms with van der Waals surface area (Å²) in [5.41, 5.74) is 1.61. The summed E-state index contributed by atoms with van der Waals surface area (Å²) in [6.45, 7) is -0.382. The summed E-state index contributed by atoms with van der Waals surface area (Å²) in [6, 6.07) is 15.4. The first kappa shape index (κ1) is 18.4. The maximum atomic E-state index is 12.3. The molecule has 136 valence electrons. The van der Waals surface area contributed by atoms with Crippen molar-refractivity contribution < 1.29 is 14.4 Å². The predicted molar refractivity (Wildman–Crippen MR) is 104 cm³/mol. The number of carbonyl (C=O) groups excluding carboxylic acids is 3. The van der Waals surface area contributed by atoms with Gasteiger partial charge in [0.25, 0.3) is 5.91 Å². The van der Waals surface area contributed by atoms with E-state index in [2.05, 4.69) is 10.6 Å². The van der Waals surface area contributed by atoms with Crippen LogP contribution in [-0.4, -0.2) is 29.3 Å². The summed E-state index contributed by atoms with van der Waals surface area (Å²) >= 11 is 5.79. The zero-order valence-electron chi connectivity index (χ0n) is 14.2. The molecular formula is C20H16ClN3O3. The molecule has 0 aromatic heterocycles. The first-order chi connectivity index (χ1) is 13.0. The van der Waals surface area contributed by atoms with E-state index in [9.17, 15) is 14.4 Å². The number of nitrogens with zero attached hydrogens (tertiary/aromatic N) is 1. The fraction of sp³-hybridized carbons (Fsp3) is 0.0500. The Labute approximate surface area is 161 Å². The Balaban J connectivity index is 1.61. The van der Waals surface area contributed by atoms with Crippen molar-refractivity contribution in [3.63, 3.8) is 0 Å². The van der Waals surface area contributed by atoms with Crippen molar-refractivity contribution in [3.05, 3.63) is 83.0 Å². The summed E-state index contributed by atoms with van der Waals surface area (Å²) in [4.78, 5) is 37.3. The molecule has 3 rings (SSSR count). The van der Waals surface area contributed by atoms with Crippen molar-refractivity contribution in [1.29, 1.82) is 0 Å². The van der Waals surface area contributed by atoms with Gasteiger partial charge in [0.1, 0.15) is 12.2 Å². The van der Waals surface area contributed by atoms with Gasteiger partial charge in [-0.3, -0.25) is 9.59 Å². The van der Waals surface area contributed by atoms with Crippen molar-refractivity contribution in [3.8, 4) is 0 Å². The molecule has 6 nitrogen and oxygen atoms in total. The first-order valence-corrected chi connectivity index (χ1v) is 8.52. The largest absolute Gasteiger partial charge is 0.329 e. The van der Waals surface area contributed by atoms with Gasteiger partial charge in [0.2, 0.25) is 5.91 Å². The lowest BCUT2D eigenvalue weighted by atomic mass is 10.2. The van der Waals surface area contributed by atoms with Gasteiger partial charge in [-0.2, -0.15) is 0 Å². The number of hydrogen-bond acceptors (Lipinski definition) is 3. The zero-order valence-corrected chi connectivity index (χ0v) is 14.9. The zero-order chi connectivity index (χ0) is 19.2. The molecule has 2 N–H and O–H groups in total. The molecule has 4 amide bonds. The minimum Gasteiger partial charge on any atom is -0.325 e. The molecule has 1 fully saturated rings. The second-order valence-corrected chi connectivity index (χ2v) is 6.16. The van der Waals surface area contributed by atoms with Crippen LogP contribution < -0.4 is 10.6 Å². The normalized spacial score (nSPS) is 15.4. The molecule has 2 aromatic rings. The number of imide groups is 1. The maximum absolute atomic E-state index is 12.3. The van der Waals surface area contributed by atoms with E-state index in [-0.39, 0.29) is 12.2 Å². The van der Waals surface area contributed by atoms with Gasteiger partial charge in [0.15, 0.2) is 0 Å². The molecular weight excluding hydrogens is 366 g/mol. The van der Waals surface area contributed by atoms with Crippen LogP contribution in [0.4, 0.5) is 10.5 Å². The lowest BCUT2D eigenvalue weighted by molar-refractivity contribution is -0.127. The summed E-state index contributed by atoms with van der Waals surface area (Å²) in [7, 11) is 0. The third-order valence-electron chi connectivity index (χ3n) is 3.74. The van der Waals surface area contributed by atoms with Crippen molar-refractivity contribution in [2.45, 2.75) is 0 Å². The Hall–Kier alpha value is -3.38. The number of rotatable bonds is 5. The van der Waals surface area contributed by atoms with Crippen LogP contribution in [0.3, 0.4) is 0 Å². The van der Waals surface area contributed by atoms with Gasteiger partial charge in [0.05, 0.1) is 0 Å². The minimum absolute atomic E-state index is 0.117. The second-order valence-electron chi connectivity index (χ2n) is 5.73. The van der Waals surface area contributed by atoms with Crippen LogP contribution in [0.2, 0.25) is 5.02 Å². The summed E-state index contributed by atoms with van der Waals surface area (Å²) in [5.74, 6) is -1.04. The Morgan fingerprint density at radius 2 is 1.78 bits per heavy atom. The number of hydrogen-bond donors (Lipinski definition) is 2. The SMILES string of the molecule is O=C(CN1C(=O)N/C(=C\C=C\c2ccccc2)C1=O)Nc1ccc(Cl)cc1. The Bertz CT molecular complexity index is 921. The third kappa shape index (κ3) is 4.83. The van der Waals surface area contributed by atoms with E-state index in [1.165, 1.54) is 6.08 Å². The molecule has 0 atom stereocenters. The molecule has 0 spiro atoms. The van der Waals surface area contributed by atoms with Gasteiger partial charge in [-0.1, -0.05) is 54.1 Å². The molecule has 0 saturated carbocycles. The number of anilines is 1. The smallest absolute Gasteiger partial charge is 0.325 e. The number of benzene rings is 2. The summed E-state index contributed by atoms with van der Waals surface area (Å²) < 4.78 is 0. The standard InChI is InChI=1S/C20H16ClN3O3/c21-15-9-11-16(12-10-15)22-18(25)13-24-19(26)17(23-20(24)27)8-4-7-14-5-2-1-3-6-14/h1-12H,13H2,(H,22,25)(H,23,27)/b7-4+,17-8-. The molecule has 0 unspecified atom stereocenters. The van der Waals surface area contributed by atoms with E-state index in [1.807, 2.05) is 36.4 Å². The number of carbonyl (C=O) groups is 3. The molecule has 0 aliphatic carbocycles. The van der Waals surface area contributed by atoms with E-state index in [4.69, 9.17) is 11.6 Å². The van der Waals surface area contributed by atoms with Gasteiger partial charge in [-0.25, -0.2) is 9.69 Å². The quantitative estimate of drug-likeness (QED) is 0.615.